The molecule has 28 heavy (non-hydrogen) atoms. The second-order valence-corrected chi connectivity index (χ2v) is 8.18. The van der Waals surface area contributed by atoms with E-state index in [2.05, 4.69) is 15.0 Å². The van der Waals surface area contributed by atoms with Crippen LogP contribution in [-0.4, -0.2) is 58.5 Å². The summed E-state index contributed by atoms with van der Waals surface area (Å²) in [7, 11) is -4.17. The van der Waals surface area contributed by atoms with E-state index in [9.17, 15) is 18.6 Å². The van der Waals surface area contributed by atoms with Gasteiger partial charge >= 0.3 is 0 Å². The Morgan fingerprint density at radius 1 is 1.25 bits per heavy atom. The molecule has 0 aliphatic carbocycles. The lowest BCUT2D eigenvalue weighted by Crippen LogP contribution is -2.37. The fourth-order valence-corrected chi connectivity index (χ4v) is 4.23. The standard InChI is InChI=1S/C18H19N3O6S/c1-10-2-4-12(5-3-10)28(24,25)27-15-13(9-22)26-16(14(15)23)18-20-8-11-6-7-19-17(11)21-18/h2-8,13-16,22-23H,9H2,1H3,(H,19,20,21)/t13-,14-,15-,16-/m1/s1. The lowest BCUT2D eigenvalue weighted by atomic mass is 10.1. The molecule has 2 aromatic heterocycles. The quantitative estimate of drug-likeness (QED) is 0.532. The summed E-state index contributed by atoms with van der Waals surface area (Å²) in [5.74, 6) is 0.166. The first-order valence-corrected chi connectivity index (χ1v) is 10.0. The molecule has 1 aliphatic rings. The molecule has 0 amide bonds. The summed E-state index contributed by atoms with van der Waals surface area (Å²) in [6.07, 6.45) is -1.51. The van der Waals surface area contributed by atoms with E-state index in [0.29, 0.717) is 5.65 Å². The Labute approximate surface area is 161 Å². The van der Waals surface area contributed by atoms with E-state index in [1.807, 2.05) is 6.92 Å². The highest BCUT2D eigenvalue weighted by atomic mass is 32.2. The van der Waals surface area contributed by atoms with Crippen molar-refractivity contribution in [1.29, 1.82) is 0 Å². The van der Waals surface area contributed by atoms with Crippen LogP contribution in [0, 0.1) is 6.92 Å². The molecule has 0 saturated carbocycles. The van der Waals surface area contributed by atoms with Gasteiger partial charge in [-0.3, -0.25) is 4.18 Å². The van der Waals surface area contributed by atoms with Gasteiger partial charge in [-0.05, 0) is 25.1 Å². The second kappa shape index (κ2) is 7.22. The van der Waals surface area contributed by atoms with Gasteiger partial charge in [-0.1, -0.05) is 17.7 Å². The van der Waals surface area contributed by atoms with Gasteiger partial charge in [0.1, 0.15) is 30.1 Å². The SMILES string of the molecule is Cc1ccc(S(=O)(=O)O[C@H]2[C@@H](O)[C@H](c3ncc4cc[nH]c4n3)O[C@@H]2CO)cc1. The average Bonchev–Trinajstić information content (AvgIpc) is 3.26. The van der Waals surface area contributed by atoms with Crippen LogP contribution in [0.25, 0.3) is 11.0 Å². The fraction of sp³-hybridized carbons (Fsp3) is 0.333. The van der Waals surface area contributed by atoms with Gasteiger partial charge in [0, 0.05) is 17.8 Å². The Bertz CT molecular complexity index is 1080. The maximum Gasteiger partial charge on any atom is 0.297 e. The van der Waals surface area contributed by atoms with Crippen LogP contribution in [0.5, 0.6) is 0 Å². The Balaban J connectivity index is 1.60. The minimum atomic E-state index is -4.17. The highest BCUT2D eigenvalue weighted by molar-refractivity contribution is 7.86. The summed E-state index contributed by atoms with van der Waals surface area (Å²) in [5, 5.41) is 21.1. The Hall–Kier alpha value is -2.37. The number of benzene rings is 1. The Morgan fingerprint density at radius 3 is 2.71 bits per heavy atom. The number of aryl methyl sites for hydroxylation is 1. The second-order valence-electron chi connectivity index (χ2n) is 6.61. The molecule has 0 bridgehead atoms. The molecule has 4 rings (SSSR count). The maximum absolute atomic E-state index is 12.6. The number of aliphatic hydroxyl groups is 2. The van der Waals surface area contributed by atoms with Crippen LogP contribution in [0.2, 0.25) is 0 Å². The molecule has 1 saturated heterocycles. The molecule has 4 atom stereocenters. The zero-order chi connectivity index (χ0) is 19.9. The van der Waals surface area contributed by atoms with Crippen molar-refractivity contribution >= 4 is 21.2 Å². The largest absolute Gasteiger partial charge is 0.394 e. The van der Waals surface area contributed by atoms with Gasteiger partial charge in [0.25, 0.3) is 10.1 Å². The topological polar surface area (TPSA) is 135 Å². The van der Waals surface area contributed by atoms with Crippen LogP contribution in [0.1, 0.15) is 17.5 Å². The lowest BCUT2D eigenvalue weighted by molar-refractivity contribution is -0.0211. The van der Waals surface area contributed by atoms with Crippen LogP contribution in [0.3, 0.4) is 0 Å². The monoisotopic (exact) mass is 405 g/mol. The third kappa shape index (κ3) is 3.40. The number of H-pyrrole nitrogens is 1. The van der Waals surface area contributed by atoms with Gasteiger partial charge < -0.3 is 19.9 Å². The van der Waals surface area contributed by atoms with Gasteiger partial charge in [-0.15, -0.1) is 0 Å². The molecule has 148 valence electrons. The Kier molecular flexibility index (Phi) is 4.89. The number of aromatic amines is 1. The zero-order valence-electron chi connectivity index (χ0n) is 14.9. The smallest absolute Gasteiger partial charge is 0.297 e. The first-order valence-electron chi connectivity index (χ1n) is 8.63. The summed E-state index contributed by atoms with van der Waals surface area (Å²) in [4.78, 5) is 11.4. The van der Waals surface area contributed by atoms with E-state index >= 15 is 0 Å². The van der Waals surface area contributed by atoms with Crippen molar-refractivity contribution in [1.82, 2.24) is 15.0 Å². The molecule has 3 N–H and O–H groups in total. The molecule has 1 aliphatic heterocycles. The van der Waals surface area contributed by atoms with E-state index in [-0.39, 0.29) is 10.7 Å². The molecule has 3 heterocycles. The van der Waals surface area contributed by atoms with Gasteiger partial charge in [-0.2, -0.15) is 8.42 Å². The summed E-state index contributed by atoms with van der Waals surface area (Å²) in [6, 6.07) is 7.91. The van der Waals surface area contributed by atoms with Crippen LogP contribution >= 0.6 is 0 Å². The zero-order valence-corrected chi connectivity index (χ0v) is 15.7. The predicted octanol–water partition coefficient (Wildman–Crippen LogP) is 0.834. The first-order chi connectivity index (χ1) is 13.4. The number of ether oxygens (including phenoxy) is 1. The normalized spacial score (nSPS) is 25.4. The van der Waals surface area contributed by atoms with Gasteiger partial charge in [0.05, 0.1) is 11.5 Å². The van der Waals surface area contributed by atoms with Crippen LogP contribution in [0.15, 0.2) is 47.6 Å². The summed E-state index contributed by atoms with van der Waals surface area (Å²) in [5.41, 5.74) is 1.45. The number of aliphatic hydroxyl groups excluding tert-OH is 2. The van der Waals surface area contributed by atoms with Gasteiger partial charge in [-0.25, -0.2) is 9.97 Å². The van der Waals surface area contributed by atoms with Crippen molar-refractivity contribution < 1.29 is 27.6 Å². The number of hydrogen-bond acceptors (Lipinski definition) is 8. The van der Waals surface area contributed by atoms with Crippen molar-refractivity contribution in [3.05, 3.63) is 54.1 Å². The van der Waals surface area contributed by atoms with Crippen molar-refractivity contribution in [2.75, 3.05) is 6.61 Å². The van der Waals surface area contributed by atoms with Crippen molar-refractivity contribution in [3.8, 4) is 0 Å². The molecule has 9 nitrogen and oxygen atoms in total. The number of rotatable bonds is 5. The molecule has 1 aromatic carbocycles. The van der Waals surface area contributed by atoms with Crippen LogP contribution in [0.4, 0.5) is 0 Å². The summed E-state index contributed by atoms with van der Waals surface area (Å²) < 4.78 is 36.0. The van der Waals surface area contributed by atoms with E-state index in [0.717, 1.165) is 10.9 Å². The van der Waals surface area contributed by atoms with E-state index in [1.165, 1.54) is 12.1 Å². The molecular weight excluding hydrogens is 386 g/mol. The maximum atomic E-state index is 12.6. The minimum absolute atomic E-state index is 0.0468. The molecular formula is C18H19N3O6S. The fourth-order valence-electron chi connectivity index (χ4n) is 3.11. The van der Waals surface area contributed by atoms with Crippen molar-refractivity contribution in [2.45, 2.75) is 36.2 Å². The minimum Gasteiger partial charge on any atom is -0.394 e. The highest BCUT2D eigenvalue weighted by Gasteiger charge is 2.48. The Morgan fingerprint density at radius 2 is 2.00 bits per heavy atom. The third-order valence-corrected chi connectivity index (χ3v) is 5.96. The van der Waals surface area contributed by atoms with E-state index in [1.54, 1.807) is 30.6 Å². The van der Waals surface area contributed by atoms with Crippen LogP contribution in [-0.2, 0) is 19.0 Å². The highest BCUT2D eigenvalue weighted by Crippen LogP contribution is 2.35. The number of nitrogens with one attached hydrogen (secondary N) is 1. The average molecular weight is 405 g/mol. The van der Waals surface area contributed by atoms with Crippen LogP contribution < -0.4 is 0 Å². The first kappa shape index (κ1) is 19.0. The number of hydrogen-bond donors (Lipinski definition) is 3. The molecule has 10 heteroatoms. The predicted molar refractivity (Wildman–Crippen MR) is 97.8 cm³/mol. The number of aromatic nitrogens is 3. The molecule has 0 unspecified atom stereocenters. The molecule has 3 aromatic rings. The summed E-state index contributed by atoms with van der Waals surface area (Å²) in [6.45, 7) is 1.30. The number of fused-ring (bicyclic) bond motifs is 1. The lowest BCUT2D eigenvalue weighted by Gasteiger charge is -2.19. The van der Waals surface area contributed by atoms with Crippen molar-refractivity contribution in [3.63, 3.8) is 0 Å². The van der Waals surface area contributed by atoms with E-state index in [4.69, 9.17) is 8.92 Å². The van der Waals surface area contributed by atoms with Gasteiger partial charge in [0.15, 0.2) is 5.82 Å². The van der Waals surface area contributed by atoms with Gasteiger partial charge in [0.2, 0.25) is 0 Å². The summed E-state index contributed by atoms with van der Waals surface area (Å²) >= 11 is 0. The van der Waals surface area contributed by atoms with E-state index < -0.39 is 41.1 Å². The molecule has 0 spiro atoms. The molecule has 1 fully saturated rings. The molecule has 0 radical (unpaired) electrons. The number of nitrogens with zero attached hydrogens (tertiary/aromatic N) is 2. The third-order valence-electron chi connectivity index (χ3n) is 4.64. The van der Waals surface area contributed by atoms with Crippen molar-refractivity contribution in [2.24, 2.45) is 0 Å².